The van der Waals surface area contributed by atoms with Crippen LogP contribution in [0, 0.1) is 6.92 Å². The van der Waals surface area contributed by atoms with Crippen LogP contribution >= 0.6 is 11.3 Å². The minimum Gasteiger partial charge on any atom is -0.294 e. The normalized spacial score (nSPS) is 27.5. The lowest BCUT2D eigenvalue weighted by Crippen LogP contribution is -2.54. The van der Waals surface area contributed by atoms with Crippen molar-refractivity contribution in [1.82, 2.24) is 4.90 Å². The standard InChI is InChI=1S/C12H16FNS/c1-8-4-9-5-11(2-3-12(9)15-8)14-6-10(13)7-14/h4,10-11H,2-3,5-7H2,1H3. The summed E-state index contributed by atoms with van der Waals surface area (Å²) in [6.45, 7) is 3.52. The zero-order chi connectivity index (χ0) is 10.4. The summed E-state index contributed by atoms with van der Waals surface area (Å²) >= 11 is 1.94. The zero-order valence-electron chi connectivity index (χ0n) is 9.00. The van der Waals surface area contributed by atoms with Crippen LogP contribution in [-0.4, -0.2) is 30.2 Å². The molecule has 1 nitrogen and oxygen atoms in total. The van der Waals surface area contributed by atoms with Crippen LogP contribution in [0.1, 0.15) is 21.7 Å². The number of hydrogen-bond donors (Lipinski definition) is 0. The topological polar surface area (TPSA) is 3.24 Å². The second-order valence-electron chi connectivity index (χ2n) is 4.75. The Kier molecular flexibility index (Phi) is 2.33. The van der Waals surface area contributed by atoms with Gasteiger partial charge in [0.2, 0.25) is 0 Å². The highest BCUT2D eigenvalue weighted by atomic mass is 32.1. The molecule has 82 valence electrons. The summed E-state index contributed by atoms with van der Waals surface area (Å²) < 4.78 is 12.8. The molecule has 1 aromatic rings. The summed E-state index contributed by atoms with van der Waals surface area (Å²) in [5, 5.41) is 0. The highest BCUT2D eigenvalue weighted by Gasteiger charge is 2.34. The lowest BCUT2D eigenvalue weighted by molar-refractivity contribution is 0.0227. The van der Waals surface area contributed by atoms with Gasteiger partial charge < -0.3 is 0 Å². The van der Waals surface area contributed by atoms with Crippen LogP contribution in [-0.2, 0) is 12.8 Å². The van der Waals surface area contributed by atoms with Crippen molar-refractivity contribution < 1.29 is 4.39 Å². The van der Waals surface area contributed by atoms with Gasteiger partial charge in [-0.2, -0.15) is 0 Å². The van der Waals surface area contributed by atoms with Crippen molar-refractivity contribution in [2.45, 2.75) is 38.4 Å². The average Bonchev–Trinajstić information content (AvgIpc) is 2.52. The van der Waals surface area contributed by atoms with E-state index in [0.717, 1.165) is 6.42 Å². The average molecular weight is 225 g/mol. The highest BCUT2D eigenvalue weighted by molar-refractivity contribution is 7.12. The van der Waals surface area contributed by atoms with Gasteiger partial charge in [0, 0.05) is 28.9 Å². The van der Waals surface area contributed by atoms with Crippen molar-refractivity contribution in [1.29, 1.82) is 0 Å². The fourth-order valence-electron chi connectivity index (χ4n) is 2.72. The second-order valence-corrected chi connectivity index (χ2v) is 6.09. The van der Waals surface area contributed by atoms with E-state index in [1.165, 1.54) is 23.3 Å². The van der Waals surface area contributed by atoms with E-state index in [0.29, 0.717) is 19.1 Å². The summed E-state index contributed by atoms with van der Waals surface area (Å²) in [7, 11) is 0. The zero-order valence-corrected chi connectivity index (χ0v) is 9.82. The first-order valence-corrected chi connectivity index (χ1v) is 6.50. The van der Waals surface area contributed by atoms with E-state index in [9.17, 15) is 4.39 Å². The Morgan fingerprint density at radius 1 is 1.47 bits per heavy atom. The van der Waals surface area contributed by atoms with Crippen molar-refractivity contribution in [2.75, 3.05) is 13.1 Å². The SMILES string of the molecule is Cc1cc2c(s1)CCC(N1CC(F)C1)C2. The van der Waals surface area contributed by atoms with E-state index >= 15 is 0 Å². The Balaban J connectivity index is 1.72. The van der Waals surface area contributed by atoms with Crippen LogP contribution in [0.3, 0.4) is 0 Å². The highest BCUT2D eigenvalue weighted by Crippen LogP contribution is 2.32. The molecule has 0 radical (unpaired) electrons. The molecule has 0 N–H and O–H groups in total. The minimum absolute atomic E-state index is 0.560. The van der Waals surface area contributed by atoms with Gasteiger partial charge in [0.1, 0.15) is 6.17 Å². The summed E-state index contributed by atoms with van der Waals surface area (Å²) in [5.74, 6) is 0. The molecule has 1 atom stereocenters. The maximum atomic E-state index is 12.8. The largest absolute Gasteiger partial charge is 0.294 e. The molecule has 15 heavy (non-hydrogen) atoms. The molecule has 0 bridgehead atoms. The van der Waals surface area contributed by atoms with Gasteiger partial charge >= 0.3 is 0 Å². The molecule has 1 saturated heterocycles. The molecule has 0 aromatic carbocycles. The number of thiophene rings is 1. The molecule has 1 aliphatic carbocycles. The van der Waals surface area contributed by atoms with Crippen LogP contribution in [0.2, 0.25) is 0 Å². The molecular formula is C12H16FNS. The van der Waals surface area contributed by atoms with Gasteiger partial charge in [-0.1, -0.05) is 0 Å². The number of likely N-dealkylation sites (tertiary alicyclic amines) is 1. The third-order valence-electron chi connectivity index (χ3n) is 3.56. The first-order valence-electron chi connectivity index (χ1n) is 5.68. The van der Waals surface area contributed by atoms with Crippen molar-refractivity contribution >= 4 is 11.3 Å². The number of halogens is 1. The molecule has 1 fully saturated rings. The van der Waals surface area contributed by atoms with Gasteiger partial charge in [-0.3, -0.25) is 4.90 Å². The van der Waals surface area contributed by atoms with Gasteiger partial charge in [0.05, 0.1) is 0 Å². The van der Waals surface area contributed by atoms with Crippen molar-refractivity contribution in [2.24, 2.45) is 0 Å². The van der Waals surface area contributed by atoms with Gasteiger partial charge in [-0.15, -0.1) is 11.3 Å². The van der Waals surface area contributed by atoms with Crippen molar-refractivity contribution in [3.8, 4) is 0 Å². The molecule has 1 aromatic heterocycles. The number of nitrogens with zero attached hydrogens (tertiary/aromatic N) is 1. The Bertz CT molecular complexity index is 368. The van der Waals surface area contributed by atoms with Crippen LogP contribution in [0.25, 0.3) is 0 Å². The third-order valence-corrected chi connectivity index (χ3v) is 4.71. The van der Waals surface area contributed by atoms with Crippen LogP contribution in [0.15, 0.2) is 6.07 Å². The molecule has 2 heterocycles. The summed E-state index contributed by atoms with van der Waals surface area (Å²) in [6, 6.07) is 2.93. The van der Waals surface area contributed by atoms with Gasteiger partial charge in [-0.05, 0) is 37.8 Å². The first kappa shape index (κ1) is 9.79. The monoisotopic (exact) mass is 225 g/mol. The Morgan fingerprint density at radius 2 is 2.27 bits per heavy atom. The van der Waals surface area contributed by atoms with Gasteiger partial charge in [0.25, 0.3) is 0 Å². The van der Waals surface area contributed by atoms with E-state index < -0.39 is 6.17 Å². The van der Waals surface area contributed by atoms with E-state index in [2.05, 4.69) is 17.9 Å². The summed E-state index contributed by atoms with van der Waals surface area (Å²) in [5.41, 5.74) is 1.52. The Hall–Kier alpha value is -0.410. The summed E-state index contributed by atoms with van der Waals surface area (Å²) in [6.07, 6.45) is 3.01. The van der Waals surface area contributed by atoms with E-state index in [1.807, 2.05) is 11.3 Å². The number of aryl methyl sites for hydroxylation is 2. The first-order chi connectivity index (χ1) is 7.22. The van der Waals surface area contributed by atoms with E-state index in [4.69, 9.17) is 0 Å². The molecule has 0 amide bonds. The second kappa shape index (κ2) is 3.56. The van der Waals surface area contributed by atoms with Crippen LogP contribution in [0.5, 0.6) is 0 Å². The molecular weight excluding hydrogens is 209 g/mol. The lowest BCUT2D eigenvalue weighted by atomic mass is 9.91. The number of hydrogen-bond acceptors (Lipinski definition) is 2. The van der Waals surface area contributed by atoms with Crippen LogP contribution < -0.4 is 0 Å². The number of rotatable bonds is 1. The maximum Gasteiger partial charge on any atom is 0.125 e. The third kappa shape index (κ3) is 1.72. The number of alkyl halides is 1. The molecule has 0 saturated carbocycles. The Morgan fingerprint density at radius 3 is 3.00 bits per heavy atom. The molecule has 1 unspecified atom stereocenters. The molecule has 2 aliphatic rings. The lowest BCUT2D eigenvalue weighted by Gasteiger charge is -2.42. The van der Waals surface area contributed by atoms with Gasteiger partial charge in [0.15, 0.2) is 0 Å². The van der Waals surface area contributed by atoms with Crippen molar-refractivity contribution in [3.63, 3.8) is 0 Å². The molecule has 1 aliphatic heterocycles. The quantitative estimate of drug-likeness (QED) is 0.710. The Labute approximate surface area is 93.9 Å². The van der Waals surface area contributed by atoms with E-state index in [1.54, 1.807) is 4.88 Å². The number of fused-ring (bicyclic) bond motifs is 1. The van der Waals surface area contributed by atoms with Crippen molar-refractivity contribution in [3.05, 3.63) is 21.4 Å². The molecule has 0 spiro atoms. The van der Waals surface area contributed by atoms with Gasteiger partial charge in [-0.25, -0.2) is 4.39 Å². The fraction of sp³-hybridized carbons (Fsp3) is 0.667. The predicted molar refractivity (Wildman–Crippen MR) is 61.3 cm³/mol. The maximum absolute atomic E-state index is 12.8. The minimum atomic E-state index is -0.560. The van der Waals surface area contributed by atoms with Crippen LogP contribution in [0.4, 0.5) is 4.39 Å². The van der Waals surface area contributed by atoms with E-state index in [-0.39, 0.29) is 0 Å². The predicted octanol–water partition coefficient (Wildman–Crippen LogP) is 2.57. The molecule has 3 rings (SSSR count). The smallest absolute Gasteiger partial charge is 0.125 e. The molecule has 3 heteroatoms. The fourth-order valence-corrected chi connectivity index (χ4v) is 3.80. The summed E-state index contributed by atoms with van der Waals surface area (Å²) in [4.78, 5) is 5.30.